The second-order valence-corrected chi connectivity index (χ2v) is 8.61. The molecular formula is C24H22F4N4O3. The molecule has 0 spiro atoms. The van der Waals surface area contributed by atoms with Crippen molar-refractivity contribution in [3.8, 4) is 5.75 Å². The number of alkyl halides is 3. The molecule has 2 aromatic carbocycles. The number of aromatic amines is 1. The number of carbonyl (C=O) groups excluding carboxylic acids is 2. The number of hydrogen-bond donors (Lipinski definition) is 2. The molecule has 184 valence electrons. The summed E-state index contributed by atoms with van der Waals surface area (Å²) in [7, 11) is 0. The minimum Gasteiger partial charge on any atom is -0.406 e. The lowest BCUT2D eigenvalue weighted by Gasteiger charge is -2.42. The number of nitrogens with zero attached hydrogens (tertiary/aromatic N) is 2. The largest absolute Gasteiger partial charge is 0.573 e. The summed E-state index contributed by atoms with van der Waals surface area (Å²) in [4.78, 5) is 28.6. The van der Waals surface area contributed by atoms with E-state index in [4.69, 9.17) is 0 Å². The van der Waals surface area contributed by atoms with Gasteiger partial charge in [-0.25, -0.2) is 4.39 Å². The van der Waals surface area contributed by atoms with Gasteiger partial charge in [0.25, 0.3) is 5.91 Å². The predicted molar refractivity (Wildman–Crippen MR) is 118 cm³/mol. The van der Waals surface area contributed by atoms with Gasteiger partial charge in [0.05, 0.1) is 18.2 Å². The zero-order valence-electron chi connectivity index (χ0n) is 18.8. The maximum atomic E-state index is 14.0. The number of nitrogens with one attached hydrogen (secondary N) is 2. The zero-order chi connectivity index (χ0) is 25.3. The number of fused-ring (bicyclic) bond motifs is 1. The first-order chi connectivity index (χ1) is 16.5. The van der Waals surface area contributed by atoms with Gasteiger partial charge in [0.15, 0.2) is 0 Å². The molecule has 4 rings (SSSR count). The van der Waals surface area contributed by atoms with Gasteiger partial charge in [0.1, 0.15) is 11.6 Å². The first-order valence-corrected chi connectivity index (χ1v) is 10.8. The Labute approximate surface area is 198 Å². The molecule has 2 amide bonds. The van der Waals surface area contributed by atoms with E-state index in [2.05, 4.69) is 20.3 Å². The van der Waals surface area contributed by atoms with E-state index in [-0.39, 0.29) is 17.5 Å². The van der Waals surface area contributed by atoms with Crippen molar-refractivity contribution in [3.63, 3.8) is 0 Å². The molecule has 7 nitrogen and oxygen atoms in total. The van der Waals surface area contributed by atoms with Crippen molar-refractivity contribution in [1.82, 2.24) is 15.1 Å². The van der Waals surface area contributed by atoms with Gasteiger partial charge in [0, 0.05) is 41.7 Å². The molecule has 1 aliphatic rings. The molecule has 0 radical (unpaired) electrons. The SMILES string of the molecule is CC(C)CN1C(=O)c2ccccc2C(C(=O)Nc2cc(F)cc(OC(F)(F)F)c2)C1c1cn[nH]c1. The van der Waals surface area contributed by atoms with Crippen LogP contribution in [-0.4, -0.2) is 39.8 Å². The van der Waals surface area contributed by atoms with Crippen molar-refractivity contribution in [2.45, 2.75) is 32.2 Å². The van der Waals surface area contributed by atoms with Gasteiger partial charge in [-0.15, -0.1) is 13.2 Å². The average Bonchev–Trinajstić information content (AvgIpc) is 3.28. The maximum Gasteiger partial charge on any atom is 0.573 e. The minimum atomic E-state index is -5.03. The summed E-state index contributed by atoms with van der Waals surface area (Å²) in [6.07, 6.45) is -1.94. The number of carbonyl (C=O) groups is 2. The van der Waals surface area contributed by atoms with Gasteiger partial charge in [-0.1, -0.05) is 32.0 Å². The Morgan fingerprint density at radius 1 is 1.23 bits per heavy atom. The fourth-order valence-corrected chi connectivity index (χ4v) is 4.31. The van der Waals surface area contributed by atoms with Crippen LogP contribution in [0, 0.1) is 11.7 Å². The van der Waals surface area contributed by atoms with E-state index in [1.807, 2.05) is 13.8 Å². The first kappa shape index (κ1) is 24.2. The molecule has 2 N–H and O–H groups in total. The van der Waals surface area contributed by atoms with Crippen LogP contribution in [-0.2, 0) is 4.79 Å². The van der Waals surface area contributed by atoms with Crippen molar-refractivity contribution in [2.24, 2.45) is 5.92 Å². The third kappa shape index (κ3) is 5.28. The van der Waals surface area contributed by atoms with E-state index in [1.165, 1.54) is 6.20 Å². The fraction of sp³-hybridized carbons (Fsp3) is 0.292. The summed E-state index contributed by atoms with van der Waals surface area (Å²) in [6.45, 7) is 4.21. The number of halogens is 4. The third-order valence-electron chi connectivity index (χ3n) is 5.52. The molecule has 2 heterocycles. The van der Waals surface area contributed by atoms with Crippen LogP contribution in [0.3, 0.4) is 0 Å². The maximum absolute atomic E-state index is 14.0. The monoisotopic (exact) mass is 490 g/mol. The molecule has 0 bridgehead atoms. The summed E-state index contributed by atoms with van der Waals surface area (Å²) >= 11 is 0. The van der Waals surface area contributed by atoms with Crippen LogP contribution in [0.2, 0.25) is 0 Å². The summed E-state index contributed by atoms with van der Waals surface area (Å²) < 4.78 is 55.7. The summed E-state index contributed by atoms with van der Waals surface area (Å²) in [5.41, 5.74) is 1.15. The Bertz CT molecular complexity index is 1230. The van der Waals surface area contributed by atoms with Gasteiger partial charge in [0.2, 0.25) is 5.91 Å². The molecule has 0 saturated carbocycles. The van der Waals surface area contributed by atoms with Crippen molar-refractivity contribution < 1.29 is 31.9 Å². The Balaban J connectivity index is 1.76. The molecule has 2 unspecified atom stereocenters. The Morgan fingerprint density at radius 2 is 1.97 bits per heavy atom. The highest BCUT2D eigenvalue weighted by Crippen LogP contribution is 2.43. The Kier molecular flexibility index (Phi) is 6.51. The van der Waals surface area contributed by atoms with Gasteiger partial charge >= 0.3 is 6.36 Å². The molecular weight excluding hydrogens is 468 g/mol. The lowest BCUT2D eigenvalue weighted by atomic mass is 9.79. The van der Waals surface area contributed by atoms with Crippen LogP contribution >= 0.6 is 0 Å². The van der Waals surface area contributed by atoms with E-state index in [0.29, 0.717) is 29.3 Å². The second-order valence-electron chi connectivity index (χ2n) is 8.61. The predicted octanol–water partition coefficient (Wildman–Crippen LogP) is 5.02. The number of benzene rings is 2. The summed E-state index contributed by atoms with van der Waals surface area (Å²) in [5.74, 6) is -3.58. The number of hydrogen-bond acceptors (Lipinski definition) is 4. The third-order valence-corrected chi connectivity index (χ3v) is 5.52. The van der Waals surface area contributed by atoms with Crippen molar-refractivity contribution in [3.05, 3.63) is 77.4 Å². The summed E-state index contributed by atoms with van der Waals surface area (Å²) in [5, 5.41) is 9.16. The number of H-pyrrole nitrogens is 1. The lowest BCUT2D eigenvalue weighted by molar-refractivity contribution is -0.274. The lowest BCUT2D eigenvalue weighted by Crippen LogP contribution is -2.47. The van der Waals surface area contributed by atoms with Crippen LogP contribution in [0.25, 0.3) is 0 Å². The number of ether oxygens (including phenoxy) is 1. The standard InChI is InChI=1S/C24H22F4N4O3/c1-13(2)12-32-21(14-10-29-30-11-14)20(18-5-3-4-6-19(18)23(32)34)22(33)31-16-7-15(25)8-17(9-16)35-24(26,27)28/h3-11,13,20-21H,12H2,1-2H3,(H,29,30)(H,31,33). The molecule has 11 heteroatoms. The quantitative estimate of drug-likeness (QED) is 0.475. The summed E-state index contributed by atoms with van der Waals surface area (Å²) in [6, 6.07) is 8.23. The minimum absolute atomic E-state index is 0.0765. The van der Waals surface area contributed by atoms with Crippen LogP contribution < -0.4 is 10.1 Å². The van der Waals surface area contributed by atoms with Crippen molar-refractivity contribution in [1.29, 1.82) is 0 Å². The molecule has 0 saturated heterocycles. The fourth-order valence-electron chi connectivity index (χ4n) is 4.31. The molecule has 2 atom stereocenters. The second kappa shape index (κ2) is 9.40. The number of amides is 2. The molecule has 0 aliphatic carbocycles. The highest BCUT2D eigenvalue weighted by molar-refractivity contribution is 6.04. The zero-order valence-corrected chi connectivity index (χ0v) is 18.8. The Hall–Kier alpha value is -3.89. The van der Waals surface area contributed by atoms with Crippen LogP contribution in [0.15, 0.2) is 54.9 Å². The van der Waals surface area contributed by atoms with Gasteiger partial charge in [-0.05, 0) is 23.6 Å². The molecule has 1 aromatic heterocycles. The molecule has 0 fully saturated rings. The van der Waals surface area contributed by atoms with E-state index in [9.17, 15) is 27.2 Å². The number of aromatic nitrogens is 2. The average molecular weight is 490 g/mol. The Morgan fingerprint density at radius 3 is 2.63 bits per heavy atom. The first-order valence-electron chi connectivity index (χ1n) is 10.8. The van der Waals surface area contributed by atoms with E-state index in [0.717, 1.165) is 12.1 Å². The topological polar surface area (TPSA) is 87.3 Å². The van der Waals surface area contributed by atoms with Crippen molar-refractivity contribution in [2.75, 3.05) is 11.9 Å². The normalized spacial score (nSPS) is 17.9. The van der Waals surface area contributed by atoms with Crippen LogP contribution in [0.4, 0.5) is 23.2 Å². The number of anilines is 1. The molecule has 35 heavy (non-hydrogen) atoms. The highest BCUT2D eigenvalue weighted by Gasteiger charge is 2.44. The smallest absolute Gasteiger partial charge is 0.406 e. The van der Waals surface area contributed by atoms with E-state index < -0.39 is 35.8 Å². The number of rotatable bonds is 6. The highest BCUT2D eigenvalue weighted by atomic mass is 19.4. The molecule has 1 aliphatic heterocycles. The molecule has 3 aromatic rings. The van der Waals surface area contributed by atoms with Gasteiger partial charge in [-0.2, -0.15) is 5.10 Å². The van der Waals surface area contributed by atoms with E-state index >= 15 is 0 Å². The van der Waals surface area contributed by atoms with Crippen LogP contribution in [0.5, 0.6) is 5.75 Å². The van der Waals surface area contributed by atoms with Gasteiger partial charge < -0.3 is 15.0 Å². The van der Waals surface area contributed by atoms with Crippen molar-refractivity contribution >= 4 is 17.5 Å². The van der Waals surface area contributed by atoms with Crippen LogP contribution in [0.1, 0.15) is 47.3 Å². The van der Waals surface area contributed by atoms with E-state index in [1.54, 1.807) is 35.4 Å². The van der Waals surface area contributed by atoms with Gasteiger partial charge in [-0.3, -0.25) is 14.7 Å².